The molecule has 3 rings (SSSR count). The van der Waals surface area contributed by atoms with Crippen molar-refractivity contribution in [2.75, 3.05) is 0 Å². The molecule has 0 aromatic heterocycles. The van der Waals surface area contributed by atoms with E-state index in [0.29, 0.717) is 0 Å². The molecule has 1 fully saturated rings. The molecule has 0 N–H and O–H groups in total. The van der Waals surface area contributed by atoms with E-state index in [1.165, 1.54) is 12.8 Å². The Kier molecular flexibility index (Phi) is 1.84. The number of fused-ring (bicyclic) bond motifs is 5. The summed E-state index contributed by atoms with van der Waals surface area (Å²) in [5.74, 6) is 3.82. The van der Waals surface area contributed by atoms with Crippen LogP contribution >= 0.6 is 0 Å². The number of hydrogen-bond acceptors (Lipinski definition) is 0. The van der Waals surface area contributed by atoms with Gasteiger partial charge in [0, 0.05) is 21.1 Å². The minimum Gasteiger partial charge on any atom is -0.0879 e. The van der Waals surface area contributed by atoms with Crippen LogP contribution in [-0.4, -0.2) is 0 Å². The molecule has 0 radical (unpaired) electrons. The maximum Gasteiger partial charge on any atom is 0 e. The molecule has 62 valence electrons. The minimum absolute atomic E-state index is 0. The molecule has 0 nitrogen and oxygen atoms in total. The molecule has 3 aliphatic carbocycles. The molecule has 11 heavy (non-hydrogen) atoms. The average molecular weight is 327 g/mol. The van der Waals surface area contributed by atoms with E-state index in [1.54, 1.807) is 0 Å². The maximum atomic E-state index is 2.44. The van der Waals surface area contributed by atoms with Crippen molar-refractivity contribution >= 4 is 0 Å². The van der Waals surface area contributed by atoms with E-state index in [4.69, 9.17) is 0 Å². The summed E-state index contributed by atoms with van der Waals surface area (Å²) in [7, 11) is 0. The van der Waals surface area contributed by atoms with E-state index < -0.39 is 0 Å². The largest absolute Gasteiger partial charge is 0.0879 e. The van der Waals surface area contributed by atoms with Gasteiger partial charge in [-0.3, -0.25) is 0 Å². The molecule has 0 saturated heterocycles. The van der Waals surface area contributed by atoms with Crippen molar-refractivity contribution in [1.82, 2.24) is 0 Å². The molecule has 0 aromatic carbocycles. The molecule has 3 aliphatic rings. The van der Waals surface area contributed by atoms with Crippen LogP contribution in [0.25, 0.3) is 0 Å². The fourth-order valence-corrected chi connectivity index (χ4v) is 2.97. The SMILES string of the molecule is C1=CC2C3C=CC(C3)C2C1.[Pt]. The summed E-state index contributed by atoms with van der Waals surface area (Å²) in [4.78, 5) is 0. The van der Waals surface area contributed by atoms with Gasteiger partial charge in [-0.2, -0.15) is 0 Å². The Morgan fingerprint density at radius 2 is 1.82 bits per heavy atom. The van der Waals surface area contributed by atoms with Gasteiger partial charge in [-0.05, 0) is 36.5 Å². The van der Waals surface area contributed by atoms with E-state index in [-0.39, 0.29) is 21.1 Å². The molecule has 0 aromatic rings. The third-order valence-corrected chi connectivity index (χ3v) is 3.46. The van der Waals surface area contributed by atoms with Crippen LogP contribution in [0.15, 0.2) is 24.3 Å². The van der Waals surface area contributed by atoms with Gasteiger partial charge in [0.05, 0.1) is 0 Å². The predicted molar refractivity (Wildman–Crippen MR) is 41.5 cm³/mol. The summed E-state index contributed by atoms with van der Waals surface area (Å²) in [5.41, 5.74) is 0. The van der Waals surface area contributed by atoms with E-state index >= 15 is 0 Å². The molecule has 0 amide bonds. The first-order chi connectivity index (χ1) is 4.95. The molecule has 0 spiro atoms. The fourth-order valence-electron chi connectivity index (χ4n) is 2.97. The number of rotatable bonds is 0. The van der Waals surface area contributed by atoms with Gasteiger partial charge in [-0.25, -0.2) is 0 Å². The van der Waals surface area contributed by atoms with E-state index in [1.807, 2.05) is 0 Å². The second-order valence-electron chi connectivity index (χ2n) is 3.85. The smallest absolute Gasteiger partial charge is 0 e. The third-order valence-electron chi connectivity index (χ3n) is 3.46. The molecular weight excluding hydrogens is 315 g/mol. The van der Waals surface area contributed by atoms with E-state index in [9.17, 15) is 0 Å². The minimum atomic E-state index is 0. The zero-order chi connectivity index (χ0) is 6.55. The van der Waals surface area contributed by atoms with Crippen molar-refractivity contribution in [3.05, 3.63) is 24.3 Å². The Labute approximate surface area is 82.0 Å². The Bertz CT molecular complexity index is 217. The van der Waals surface area contributed by atoms with Crippen LogP contribution in [0.5, 0.6) is 0 Å². The van der Waals surface area contributed by atoms with Gasteiger partial charge < -0.3 is 0 Å². The van der Waals surface area contributed by atoms with Gasteiger partial charge in [0.2, 0.25) is 0 Å². The van der Waals surface area contributed by atoms with Crippen LogP contribution in [0.3, 0.4) is 0 Å². The zero-order valence-electron chi connectivity index (χ0n) is 6.35. The number of hydrogen-bond donors (Lipinski definition) is 0. The Balaban J connectivity index is 0.000000480. The summed E-state index contributed by atoms with van der Waals surface area (Å²) in [6.07, 6.45) is 12.5. The summed E-state index contributed by atoms with van der Waals surface area (Å²) >= 11 is 0. The molecular formula is C10H12Pt. The quantitative estimate of drug-likeness (QED) is 0.600. The Morgan fingerprint density at radius 1 is 1.00 bits per heavy atom. The average Bonchev–Trinajstić information content (AvgIpc) is 2.60. The summed E-state index contributed by atoms with van der Waals surface area (Å²) in [5, 5.41) is 0. The molecule has 2 bridgehead atoms. The summed E-state index contributed by atoms with van der Waals surface area (Å²) in [6, 6.07) is 0. The van der Waals surface area contributed by atoms with Crippen molar-refractivity contribution in [2.24, 2.45) is 23.7 Å². The molecule has 1 heteroatoms. The predicted octanol–water partition coefficient (Wildman–Crippen LogP) is 2.38. The van der Waals surface area contributed by atoms with Crippen LogP contribution in [0.4, 0.5) is 0 Å². The van der Waals surface area contributed by atoms with Gasteiger partial charge in [0.15, 0.2) is 0 Å². The van der Waals surface area contributed by atoms with Crippen LogP contribution in [0.2, 0.25) is 0 Å². The molecule has 1 saturated carbocycles. The van der Waals surface area contributed by atoms with Crippen LogP contribution in [-0.2, 0) is 21.1 Å². The van der Waals surface area contributed by atoms with Crippen LogP contribution < -0.4 is 0 Å². The monoisotopic (exact) mass is 327 g/mol. The van der Waals surface area contributed by atoms with Gasteiger partial charge in [-0.1, -0.05) is 24.3 Å². The summed E-state index contributed by atoms with van der Waals surface area (Å²) < 4.78 is 0. The van der Waals surface area contributed by atoms with Crippen LogP contribution in [0, 0.1) is 23.7 Å². The molecule has 0 heterocycles. The Hall–Kier alpha value is 0.168. The summed E-state index contributed by atoms with van der Waals surface area (Å²) in [6.45, 7) is 0. The van der Waals surface area contributed by atoms with Gasteiger partial charge in [-0.15, -0.1) is 0 Å². The maximum absolute atomic E-state index is 2.44. The first-order valence-electron chi connectivity index (χ1n) is 4.30. The standard InChI is InChI=1S/C10H12.Pt/c1-2-9-7-4-5-8(6-7)10(9)3-1;/h1-2,4-5,7-10H,3,6H2;. The van der Waals surface area contributed by atoms with Crippen LogP contribution in [0.1, 0.15) is 12.8 Å². The molecule has 0 aliphatic heterocycles. The van der Waals surface area contributed by atoms with E-state index in [2.05, 4.69) is 24.3 Å². The van der Waals surface area contributed by atoms with Gasteiger partial charge >= 0.3 is 0 Å². The first-order valence-corrected chi connectivity index (χ1v) is 4.30. The second kappa shape index (κ2) is 2.59. The Morgan fingerprint density at radius 3 is 2.64 bits per heavy atom. The fraction of sp³-hybridized carbons (Fsp3) is 0.600. The molecule has 4 unspecified atom stereocenters. The third kappa shape index (κ3) is 0.919. The van der Waals surface area contributed by atoms with Crippen molar-refractivity contribution in [3.63, 3.8) is 0 Å². The number of allylic oxidation sites excluding steroid dienone is 4. The molecule has 4 atom stereocenters. The normalized spacial score (nSPS) is 49.5. The van der Waals surface area contributed by atoms with E-state index in [0.717, 1.165) is 23.7 Å². The topological polar surface area (TPSA) is 0 Å². The zero-order valence-corrected chi connectivity index (χ0v) is 8.62. The van der Waals surface area contributed by atoms with Gasteiger partial charge in [0.25, 0.3) is 0 Å². The van der Waals surface area contributed by atoms with Crippen molar-refractivity contribution < 1.29 is 21.1 Å². The van der Waals surface area contributed by atoms with Crippen molar-refractivity contribution in [1.29, 1.82) is 0 Å². The van der Waals surface area contributed by atoms with Crippen molar-refractivity contribution in [2.45, 2.75) is 12.8 Å². The first kappa shape index (κ1) is 7.80. The van der Waals surface area contributed by atoms with Crippen molar-refractivity contribution in [3.8, 4) is 0 Å². The van der Waals surface area contributed by atoms with Gasteiger partial charge in [0.1, 0.15) is 0 Å². The second-order valence-corrected chi connectivity index (χ2v) is 3.85.